The van der Waals surface area contributed by atoms with Gasteiger partial charge in [0.2, 0.25) is 0 Å². The Hall–Kier alpha value is -2.58. The number of ketones is 1. The van der Waals surface area contributed by atoms with Gasteiger partial charge in [0.1, 0.15) is 0 Å². The summed E-state index contributed by atoms with van der Waals surface area (Å²) in [5, 5.41) is 11.5. The molecule has 1 aliphatic heterocycles. The highest BCUT2D eigenvalue weighted by Crippen LogP contribution is 2.46. The van der Waals surface area contributed by atoms with Crippen LogP contribution in [0.4, 0.5) is 0 Å². The Balaban J connectivity index is 0.00000166. The highest BCUT2D eigenvalue weighted by atomic mass is 16.5. The monoisotopic (exact) mass is 430 g/mol. The van der Waals surface area contributed by atoms with E-state index in [2.05, 4.69) is 29.4 Å². The summed E-state index contributed by atoms with van der Waals surface area (Å²) >= 11 is 0. The number of hydrogen-bond acceptors (Lipinski definition) is 8. The lowest BCUT2D eigenvalue weighted by Gasteiger charge is -2.39. The van der Waals surface area contributed by atoms with Crippen LogP contribution >= 0.6 is 0 Å². The first kappa shape index (κ1) is 24.7. The molecule has 0 saturated heterocycles. The summed E-state index contributed by atoms with van der Waals surface area (Å²) in [6.45, 7) is 11.0. The number of nitrogens with zero attached hydrogens (tertiary/aromatic N) is 2. The van der Waals surface area contributed by atoms with Gasteiger partial charge in [0, 0.05) is 30.4 Å². The Bertz CT molecular complexity index is 846. The number of ether oxygens (including phenoxy) is 2. The van der Waals surface area contributed by atoms with Gasteiger partial charge < -0.3 is 20.5 Å². The number of rotatable bonds is 7. The topological polar surface area (TPSA) is 116 Å². The van der Waals surface area contributed by atoms with Gasteiger partial charge in [-0.05, 0) is 30.9 Å². The maximum absolute atomic E-state index is 13.2. The quantitative estimate of drug-likeness (QED) is 0.501. The minimum Gasteiger partial charge on any atom is -0.463 e. The van der Waals surface area contributed by atoms with Crippen LogP contribution in [0.5, 0.6) is 0 Å². The van der Waals surface area contributed by atoms with Crippen molar-refractivity contribution in [3.8, 4) is 0 Å². The molecule has 3 rings (SSSR count). The van der Waals surface area contributed by atoms with E-state index in [-0.39, 0.29) is 24.4 Å². The number of carbonyl (C=O) groups is 2. The van der Waals surface area contributed by atoms with E-state index in [0.717, 1.165) is 5.70 Å². The molecule has 3 N–H and O–H groups in total. The Kier molecular flexibility index (Phi) is 8.88. The van der Waals surface area contributed by atoms with Gasteiger partial charge in [0.25, 0.3) is 0 Å². The molecule has 31 heavy (non-hydrogen) atoms. The zero-order valence-corrected chi connectivity index (χ0v) is 19.2. The van der Waals surface area contributed by atoms with Crippen molar-refractivity contribution in [2.45, 2.75) is 53.4 Å². The summed E-state index contributed by atoms with van der Waals surface area (Å²) in [7, 11) is 0. The number of aromatic nitrogens is 2. The number of hydrogen-bond donors (Lipinski definition) is 2. The molecule has 0 saturated carbocycles. The molecular formula is C23H34N4O4. The van der Waals surface area contributed by atoms with Gasteiger partial charge in [-0.3, -0.25) is 4.79 Å². The molecule has 0 aromatic carbocycles. The third-order valence-electron chi connectivity index (χ3n) is 5.02. The van der Waals surface area contributed by atoms with Crippen LogP contribution in [0.25, 0.3) is 0 Å². The number of nitrogens with two attached hydrogens (primary N) is 1. The zero-order valence-electron chi connectivity index (χ0n) is 19.2. The molecule has 0 radical (unpaired) electrons. The largest absolute Gasteiger partial charge is 0.463 e. The molecule has 8 nitrogen and oxygen atoms in total. The van der Waals surface area contributed by atoms with Crippen molar-refractivity contribution >= 4 is 11.8 Å². The van der Waals surface area contributed by atoms with Crippen LogP contribution in [0.15, 0.2) is 40.9 Å². The molecule has 0 amide bonds. The van der Waals surface area contributed by atoms with Crippen LogP contribution in [0.2, 0.25) is 0 Å². The summed E-state index contributed by atoms with van der Waals surface area (Å²) in [5.74, 6) is -1.13. The molecule has 8 heteroatoms. The summed E-state index contributed by atoms with van der Waals surface area (Å²) in [4.78, 5) is 26.1. The van der Waals surface area contributed by atoms with Gasteiger partial charge in [-0.2, -0.15) is 10.2 Å². The number of allylic oxidation sites excluding steroid dienone is 2. The molecule has 1 aliphatic carbocycles. The lowest BCUT2D eigenvalue weighted by Crippen LogP contribution is -2.40. The van der Waals surface area contributed by atoms with Crippen molar-refractivity contribution < 1.29 is 19.1 Å². The summed E-state index contributed by atoms with van der Waals surface area (Å²) < 4.78 is 11.0. The Labute approximate surface area is 184 Å². The van der Waals surface area contributed by atoms with E-state index in [1.807, 2.05) is 13.8 Å². The molecule has 0 fully saturated rings. The second kappa shape index (κ2) is 11.2. The van der Waals surface area contributed by atoms with Gasteiger partial charge in [0.15, 0.2) is 5.78 Å². The fourth-order valence-electron chi connectivity index (χ4n) is 3.93. The second-order valence-corrected chi connectivity index (χ2v) is 7.99. The highest BCUT2D eigenvalue weighted by molar-refractivity contribution is 6.04. The van der Waals surface area contributed by atoms with E-state index in [1.54, 1.807) is 25.3 Å². The number of nitrogens with one attached hydrogen (secondary N) is 1. The van der Waals surface area contributed by atoms with E-state index < -0.39 is 11.9 Å². The van der Waals surface area contributed by atoms with Crippen LogP contribution < -0.4 is 11.1 Å². The molecule has 1 aromatic heterocycles. The number of carbonyl (C=O) groups excluding carboxylic acids is 2. The highest BCUT2D eigenvalue weighted by Gasteiger charge is 2.44. The van der Waals surface area contributed by atoms with Gasteiger partial charge in [-0.1, -0.05) is 27.7 Å². The van der Waals surface area contributed by atoms with Crippen molar-refractivity contribution in [1.29, 1.82) is 0 Å². The lowest BCUT2D eigenvalue weighted by atomic mass is 9.69. The third-order valence-corrected chi connectivity index (χ3v) is 5.02. The maximum Gasteiger partial charge on any atom is 0.336 e. The van der Waals surface area contributed by atoms with Gasteiger partial charge in [0.05, 0.1) is 42.7 Å². The molecule has 2 heterocycles. The second-order valence-electron chi connectivity index (χ2n) is 7.99. The zero-order chi connectivity index (χ0) is 23.0. The average molecular weight is 431 g/mol. The Morgan fingerprint density at radius 3 is 2.68 bits per heavy atom. The summed E-state index contributed by atoms with van der Waals surface area (Å²) in [6.07, 6.45) is 2.64. The molecule has 170 valence electrons. The summed E-state index contributed by atoms with van der Waals surface area (Å²) in [5.41, 5.74) is 8.19. The molecule has 0 spiro atoms. The molecule has 1 atom stereocenters. The lowest BCUT2D eigenvalue weighted by molar-refractivity contribution is -0.139. The predicted molar refractivity (Wildman–Crippen MR) is 118 cm³/mol. The van der Waals surface area contributed by atoms with E-state index in [0.29, 0.717) is 48.5 Å². The molecule has 2 aliphatic rings. The van der Waals surface area contributed by atoms with Crippen molar-refractivity contribution in [2.75, 3.05) is 26.4 Å². The normalized spacial score (nSPS) is 19.8. The SMILES string of the molecule is CC.CCOC(=O)C1=C(COCCN)NC2=C(C(=O)CC(C)(C)C2)C1c1cccnn1. The Morgan fingerprint density at radius 2 is 2.06 bits per heavy atom. The molecule has 0 bridgehead atoms. The maximum atomic E-state index is 13.2. The third kappa shape index (κ3) is 5.77. The first-order valence-corrected chi connectivity index (χ1v) is 10.9. The minimum absolute atomic E-state index is 0.00290. The first-order valence-electron chi connectivity index (χ1n) is 10.9. The van der Waals surface area contributed by atoms with Crippen molar-refractivity contribution in [3.05, 3.63) is 46.6 Å². The fraction of sp³-hybridized carbons (Fsp3) is 0.565. The van der Waals surface area contributed by atoms with Crippen molar-refractivity contribution in [1.82, 2.24) is 15.5 Å². The van der Waals surface area contributed by atoms with Gasteiger partial charge in [-0.15, -0.1) is 0 Å². The van der Waals surface area contributed by atoms with Gasteiger partial charge >= 0.3 is 5.97 Å². The van der Waals surface area contributed by atoms with E-state index in [1.165, 1.54) is 0 Å². The molecule has 1 aromatic rings. The van der Waals surface area contributed by atoms with Crippen LogP contribution in [0.3, 0.4) is 0 Å². The first-order chi connectivity index (χ1) is 14.9. The number of esters is 1. The van der Waals surface area contributed by atoms with Gasteiger partial charge in [-0.25, -0.2) is 4.79 Å². The summed E-state index contributed by atoms with van der Waals surface area (Å²) in [6, 6.07) is 3.52. The van der Waals surface area contributed by atoms with Crippen LogP contribution in [-0.2, 0) is 19.1 Å². The molecule has 1 unspecified atom stereocenters. The number of Topliss-reactive ketones (excluding diaryl/α,β-unsaturated/α-hetero) is 1. The minimum atomic E-state index is -0.640. The smallest absolute Gasteiger partial charge is 0.336 e. The average Bonchev–Trinajstić information content (AvgIpc) is 2.74. The molecular weight excluding hydrogens is 396 g/mol. The van der Waals surface area contributed by atoms with Crippen molar-refractivity contribution in [3.63, 3.8) is 0 Å². The Morgan fingerprint density at radius 1 is 1.32 bits per heavy atom. The van der Waals surface area contributed by atoms with Crippen molar-refractivity contribution in [2.24, 2.45) is 11.1 Å². The van der Waals surface area contributed by atoms with E-state index in [4.69, 9.17) is 15.2 Å². The van der Waals surface area contributed by atoms with E-state index >= 15 is 0 Å². The number of dihydropyridines is 1. The fourth-order valence-corrected chi connectivity index (χ4v) is 3.93. The van der Waals surface area contributed by atoms with E-state index in [9.17, 15) is 9.59 Å². The predicted octanol–water partition coefficient (Wildman–Crippen LogP) is 2.63. The van der Waals surface area contributed by atoms with Crippen LogP contribution in [-0.4, -0.2) is 48.3 Å². The van der Waals surface area contributed by atoms with Crippen LogP contribution in [0, 0.1) is 5.41 Å². The van der Waals surface area contributed by atoms with Crippen LogP contribution in [0.1, 0.15) is 59.1 Å². The standard InChI is InChI=1S/C21H28N4O4.C2H6/c1-4-29-20(27)19-15(12-28-9-7-22)24-14-10-21(2,3)11-16(26)17(14)18(19)13-6-5-8-23-25-13;1-2/h5-6,8,18,24H,4,7,9-12,22H2,1-3H3;1-2H3.